The zero-order chi connectivity index (χ0) is 20.7. The van der Waals surface area contributed by atoms with Crippen LogP contribution in [0.2, 0.25) is 0 Å². The van der Waals surface area contributed by atoms with Crippen molar-refractivity contribution < 1.29 is 0 Å². The fourth-order valence-electron chi connectivity index (χ4n) is 3.65. The van der Waals surface area contributed by atoms with Crippen molar-refractivity contribution in [3.63, 3.8) is 0 Å². The Labute approximate surface area is 179 Å². The lowest BCUT2D eigenvalue weighted by atomic mass is 10.1. The highest BCUT2D eigenvalue weighted by Gasteiger charge is 2.24. The van der Waals surface area contributed by atoms with Gasteiger partial charge in [-0.15, -0.1) is 10.2 Å². The molecule has 1 aliphatic rings. The monoisotopic (exact) mass is 417 g/mol. The van der Waals surface area contributed by atoms with Crippen molar-refractivity contribution in [2.24, 2.45) is 5.73 Å². The van der Waals surface area contributed by atoms with Crippen molar-refractivity contribution in [2.45, 2.75) is 25.9 Å². The first-order valence-corrected chi connectivity index (χ1v) is 10.8. The molecule has 1 aromatic carbocycles. The Kier molecular flexibility index (Phi) is 4.80. The molecule has 5 rings (SSSR count). The third-order valence-corrected chi connectivity index (χ3v) is 6.25. The Hall–Kier alpha value is -3.10. The zero-order valence-corrected chi connectivity index (χ0v) is 17.7. The van der Waals surface area contributed by atoms with Crippen molar-refractivity contribution in [1.82, 2.24) is 20.2 Å². The van der Waals surface area contributed by atoms with E-state index in [4.69, 9.17) is 5.73 Å². The molecule has 7 nitrogen and oxygen atoms in total. The molecule has 1 atom stereocenters. The molecule has 30 heavy (non-hydrogen) atoms. The highest BCUT2D eigenvalue weighted by atomic mass is 32.1. The van der Waals surface area contributed by atoms with Crippen LogP contribution >= 0.6 is 11.3 Å². The van der Waals surface area contributed by atoms with Gasteiger partial charge in [-0.25, -0.2) is 9.97 Å². The van der Waals surface area contributed by atoms with Crippen molar-refractivity contribution in [1.29, 1.82) is 0 Å². The summed E-state index contributed by atoms with van der Waals surface area (Å²) in [4.78, 5) is 11.3. The van der Waals surface area contributed by atoms with Crippen LogP contribution in [0.1, 0.15) is 23.5 Å². The lowest BCUT2D eigenvalue weighted by molar-refractivity contribution is 0.514. The van der Waals surface area contributed by atoms with E-state index >= 15 is 0 Å². The zero-order valence-electron chi connectivity index (χ0n) is 16.9. The molecular formula is C22H23N7S. The molecule has 1 fully saturated rings. The van der Waals surface area contributed by atoms with E-state index in [-0.39, 0.29) is 12.1 Å². The second kappa shape index (κ2) is 7.62. The van der Waals surface area contributed by atoms with Crippen molar-refractivity contribution in [3.05, 3.63) is 59.4 Å². The second-order valence-electron chi connectivity index (χ2n) is 7.74. The lowest BCUT2D eigenvalue weighted by Gasteiger charge is -2.38. The maximum atomic E-state index is 5.90. The predicted molar refractivity (Wildman–Crippen MR) is 122 cm³/mol. The highest BCUT2D eigenvalue weighted by molar-refractivity contribution is 7.14. The van der Waals surface area contributed by atoms with Crippen LogP contribution in [0.4, 0.5) is 11.6 Å². The Bertz CT molecular complexity index is 1200. The number of hydrogen-bond acceptors (Lipinski definition) is 8. The summed E-state index contributed by atoms with van der Waals surface area (Å²) in [7, 11) is 0. The number of anilines is 2. The van der Waals surface area contributed by atoms with Crippen LogP contribution in [0, 0.1) is 6.92 Å². The number of aryl methyl sites for hydroxylation is 1. The first-order valence-electron chi connectivity index (χ1n) is 9.98. The van der Waals surface area contributed by atoms with E-state index < -0.39 is 0 Å². The number of pyridine rings is 2. The maximum absolute atomic E-state index is 5.90. The maximum Gasteiger partial charge on any atom is 0.147 e. The molecule has 0 aliphatic carbocycles. The largest absolute Gasteiger partial charge is 0.364 e. The minimum absolute atomic E-state index is 0.0978. The van der Waals surface area contributed by atoms with E-state index in [1.165, 1.54) is 5.56 Å². The predicted octanol–water partition coefficient (Wildman–Crippen LogP) is 3.78. The Morgan fingerprint density at radius 1 is 1.10 bits per heavy atom. The van der Waals surface area contributed by atoms with Gasteiger partial charge in [-0.1, -0.05) is 23.5 Å². The Morgan fingerprint density at radius 3 is 2.73 bits per heavy atom. The highest BCUT2D eigenvalue weighted by Crippen LogP contribution is 2.29. The van der Waals surface area contributed by atoms with Crippen LogP contribution in [0.5, 0.6) is 0 Å². The summed E-state index contributed by atoms with van der Waals surface area (Å²) in [5.74, 6) is 1.82. The van der Waals surface area contributed by atoms with Gasteiger partial charge in [-0.05, 0) is 49.1 Å². The minimum Gasteiger partial charge on any atom is -0.364 e. The van der Waals surface area contributed by atoms with Gasteiger partial charge in [0.05, 0.1) is 6.04 Å². The lowest BCUT2D eigenvalue weighted by Crippen LogP contribution is -2.56. The van der Waals surface area contributed by atoms with Gasteiger partial charge in [-0.2, -0.15) is 0 Å². The van der Waals surface area contributed by atoms with Crippen molar-refractivity contribution in [3.8, 4) is 10.6 Å². The third kappa shape index (κ3) is 3.71. The van der Waals surface area contributed by atoms with E-state index in [0.717, 1.165) is 51.1 Å². The van der Waals surface area contributed by atoms with Crippen LogP contribution in [0.3, 0.4) is 0 Å². The summed E-state index contributed by atoms with van der Waals surface area (Å²) < 4.78 is 0. The summed E-state index contributed by atoms with van der Waals surface area (Å²) in [6, 6.07) is 12.9. The SMILES string of the molecule is Cc1nnc(-c2ccc3cnc(NC(C)c4ccnc(N5CC(N)C5)c4)cc3c2)s1. The van der Waals surface area contributed by atoms with E-state index in [2.05, 4.69) is 67.6 Å². The summed E-state index contributed by atoms with van der Waals surface area (Å²) in [5.41, 5.74) is 8.14. The Balaban J connectivity index is 1.37. The third-order valence-electron chi connectivity index (χ3n) is 5.36. The van der Waals surface area contributed by atoms with Crippen LogP contribution in [0.15, 0.2) is 48.8 Å². The van der Waals surface area contributed by atoms with E-state index in [1.54, 1.807) is 11.3 Å². The number of benzene rings is 1. The summed E-state index contributed by atoms with van der Waals surface area (Å²) >= 11 is 1.60. The fourth-order valence-corrected chi connectivity index (χ4v) is 4.34. The van der Waals surface area contributed by atoms with Gasteiger partial charge in [0.2, 0.25) is 0 Å². The molecule has 152 valence electrons. The number of hydrogen-bond donors (Lipinski definition) is 2. The molecule has 1 unspecified atom stereocenters. The van der Waals surface area contributed by atoms with E-state index in [0.29, 0.717) is 0 Å². The van der Waals surface area contributed by atoms with Gasteiger partial charge in [-0.3, -0.25) is 0 Å². The molecule has 0 bridgehead atoms. The Morgan fingerprint density at radius 2 is 1.97 bits per heavy atom. The summed E-state index contributed by atoms with van der Waals surface area (Å²) in [6.45, 7) is 5.83. The van der Waals surface area contributed by atoms with Gasteiger partial charge in [0, 0.05) is 42.5 Å². The smallest absolute Gasteiger partial charge is 0.147 e. The van der Waals surface area contributed by atoms with Crippen LogP contribution in [0.25, 0.3) is 21.3 Å². The number of nitrogens with one attached hydrogen (secondary N) is 1. The van der Waals surface area contributed by atoms with Crippen molar-refractivity contribution >= 4 is 33.7 Å². The average Bonchev–Trinajstić information content (AvgIpc) is 3.17. The molecule has 0 saturated carbocycles. The molecule has 3 aromatic heterocycles. The molecule has 8 heteroatoms. The molecule has 0 amide bonds. The normalized spacial score (nSPS) is 15.2. The average molecular weight is 418 g/mol. The van der Waals surface area contributed by atoms with Gasteiger partial charge < -0.3 is 16.0 Å². The minimum atomic E-state index is 0.0978. The van der Waals surface area contributed by atoms with E-state index in [1.807, 2.05) is 25.4 Å². The molecule has 1 aliphatic heterocycles. The summed E-state index contributed by atoms with van der Waals surface area (Å²) in [5, 5.41) is 16.0. The standard InChI is InChI=1S/C22H23N7S/c1-13(15-5-6-24-21(9-15)29-11-19(23)12-29)26-20-8-18-7-16(3-4-17(18)10-25-20)22-28-27-14(2)30-22/h3-10,13,19H,11-12,23H2,1-2H3,(H,25,26). The number of nitrogens with zero attached hydrogens (tertiary/aromatic N) is 5. The molecule has 0 spiro atoms. The van der Waals surface area contributed by atoms with Gasteiger partial charge in [0.15, 0.2) is 0 Å². The molecule has 4 aromatic rings. The first kappa shape index (κ1) is 18.9. The van der Waals surface area contributed by atoms with Crippen molar-refractivity contribution in [2.75, 3.05) is 23.3 Å². The van der Waals surface area contributed by atoms with E-state index in [9.17, 15) is 0 Å². The molecule has 3 N–H and O–H groups in total. The number of aromatic nitrogens is 4. The van der Waals surface area contributed by atoms with Gasteiger partial charge >= 0.3 is 0 Å². The first-order chi connectivity index (χ1) is 14.5. The van der Waals surface area contributed by atoms with Crippen LogP contribution < -0.4 is 16.0 Å². The van der Waals surface area contributed by atoms with Gasteiger partial charge in [0.1, 0.15) is 21.7 Å². The van der Waals surface area contributed by atoms with Crippen LogP contribution in [-0.4, -0.2) is 39.3 Å². The second-order valence-corrected chi connectivity index (χ2v) is 8.92. The molecular weight excluding hydrogens is 394 g/mol. The summed E-state index contributed by atoms with van der Waals surface area (Å²) in [6.07, 6.45) is 3.76. The topological polar surface area (TPSA) is 92.8 Å². The fraction of sp³-hybridized carbons (Fsp3) is 0.273. The molecule has 4 heterocycles. The molecule has 1 saturated heterocycles. The van der Waals surface area contributed by atoms with Gasteiger partial charge in [0.25, 0.3) is 0 Å². The molecule has 0 radical (unpaired) electrons. The number of nitrogens with two attached hydrogens (primary N) is 1. The quantitative estimate of drug-likeness (QED) is 0.510. The number of fused-ring (bicyclic) bond motifs is 1. The number of rotatable bonds is 5. The van der Waals surface area contributed by atoms with Crippen LogP contribution in [-0.2, 0) is 0 Å².